The Morgan fingerprint density at radius 1 is 1.39 bits per heavy atom. The number of nitrogens with zero attached hydrogens (tertiary/aromatic N) is 3. The summed E-state index contributed by atoms with van der Waals surface area (Å²) in [5, 5.41) is 10.8. The molecule has 0 amide bonds. The number of halogens is 1. The Morgan fingerprint density at radius 2 is 2.15 bits per heavy atom. The van der Waals surface area contributed by atoms with Crippen molar-refractivity contribution in [1.82, 2.24) is 4.57 Å². The van der Waals surface area contributed by atoms with Gasteiger partial charge in [-0.25, -0.2) is 4.39 Å². The fraction of sp³-hybridized carbons (Fsp3) is 0.391. The summed E-state index contributed by atoms with van der Waals surface area (Å²) in [6.07, 6.45) is 10.7. The SMILES string of the molecule is COc1c(N2CC3C=CC=CC3(N)C2)c(F)cc2c(=O)c(C(=O)C[N+](=O)[O-])cn(C3CC3)c12. The molecule has 1 saturated heterocycles. The number of carbonyl (C=O) groups is 1. The van der Waals surface area contributed by atoms with Gasteiger partial charge in [-0.2, -0.15) is 0 Å². The number of aromatic nitrogens is 1. The molecule has 0 spiro atoms. The van der Waals surface area contributed by atoms with Crippen molar-refractivity contribution in [2.45, 2.75) is 24.4 Å². The molecule has 2 N–H and O–H groups in total. The molecule has 9 nitrogen and oxygen atoms in total. The van der Waals surface area contributed by atoms with Crippen molar-refractivity contribution in [3.8, 4) is 5.75 Å². The van der Waals surface area contributed by atoms with Crippen LogP contribution in [-0.2, 0) is 0 Å². The van der Waals surface area contributed by atoms with Gasteiger partial charge in [0, 0.05) is 36.2 Å². The number of nitro groups is 1. The normalized spacial score (nSPS) is 23.7. The van der Waals surface area contributed by atoms with Gasteiger partial charge in [-0.3, -0.25) is 19.7 Å². The number of rotatable bonds is 6. The van der Waals surface area contributed by atoms with Crippen LogP contribution in [0.1, 0.15) is 29.2 Å². The average molecular weight is 454 g/mol. The summed E-state index contributed by atoms with van der Waals surface area (Å²) < 4.78 is 22.9. The molecule has 2 unspecified atom stereocenters. The third-order valence-electron chi connectivity index (χ3n) is 6.67. The maximum absolute atomic E-state index is 15.6. The van der Waals surface area contributed by atoms with E-state index < -0.39 is 34.0 Å². The molecule has 33 heavy (non-hydrogen) atoms. The largest absolute Gasteiger partial charge is 0.492 e. The number of allylic oxidation sites excluding steroid dienone is 2. The van der Waals surface area contributed by atoms with Crippen LogP contribution in [0.4, 0.5) is 10.1 Å². The molecule has 3 aliphatic rings. The van der Waals surface area contributed by atoms with E-state index in [1.54, 1.807) is 4.57 Å². The molecule has 1 aromatic carbocycles. The number of pyridine rings is 1. The molecule has 5 rings (SSSR count). The molecule has 0 bridgehead atoms. The van der Waals surface area contributed by atoms with Crippen molar-refractivity contribution >= 4 is 22.4 Å². The van der Waals surface area contributed by atoms with Gasteiger partial charge in [0.15, 0.2) is 11.6 Å². The Morgan fingerprint density at radius 3 is 2.79 bits per heavy atom. The second kappa shape index (κ2) is 7.51. The first-order chi connectivity index (χ1) is 15.7. The number of nitrogens with two attached hydrogens (primary N) is 1. The highest BCUT2D eigenvalue weighted by Gasteiger charge is 2.43. The van der Waals surface area contributed by atoms with E-state index >= 15 is 4.39 Å². The zero-order valence-corrected chi connectivity index (χ0v) is 18.0. The molecule has 2 heterocycles. The molecule has 1 aromatic heterocycles. The lowest BCUT2D eigenvalue weighted by atomic mass is 9.85. The molecule has 10 heteroatoms. The number of ketones is 1. The Bertz CT molecular complexity index is 1310. The molecule has 1 aliphatic heterocycles. The van der Waals surface area contributed by atoms with Gasteiger partial charge in [-0.15, -0.1) is 0 Å². The number of carbonyl (C=O) groups excluding carboxylic acids is 1. The highest BCUT2D eigenvalue weighted by Crippen LogP contribution is 2.45. The van der Waals surface area contributed by atoms with Gasteiger partial charge in [0.25, 0.3) is 6.54 Å². The maximum atomic E-state index is 15.6. The molecule has 2 aromatic rings. The van der Waals surface area contributed by atoms with E-state index in [4.69, 9.17) is 10.5 Å². The van der Waals surface area contributed by atoms with Crippen molar-refractivity contribution in [3.05, 3.63) is 68.3 Å². The predicted octanol–water partition coefficient (Wildman–Crippen LogP) is 2.20. The Hall–Kier alpha value is -3.53. The van der Waals surface area contributed by atoms with E-state index in [0.29, 0.717) is 18.6 Å². The smallest absolute Gasteiger partial charge is 0.266 e. The summed E-state index contributed by atoms with van der Waals surface area (Å²) in [6.45, 7) is -0.161. The number of anilines is 1. The van der Waals surface area contributed by atoms with Gasteiger partial charge in [0.1, 0.15) is 5.69 Å². The van der Waals surface area contributed by atoms with E-state index in [2.05, 4.69) is 0 Å². The molecular formula is C23H23FN4O5. The maximum Gasteiger partial charge on any atom is 0.266 e. The number of ether oxygens (including phenoxy) is 1. The number of fused-ring (bicyclic) bond motifs is 2. The first-order valence-electron chi connectivity index (χ1n) is 10.7. The summed E-state index contributed by atoms with van der Waals surface area (Å²) in [6, 6.07) is 1.10. The summed E-state index contributed by atoms with van der Waals surface area (Å²) in [4.78, 5) is 37.4. The summed E-state index contributed by atoms with van der Waals surface area (Å²) in [5.74, 6) is -1.39. The van der Waals surface area contributed by atoms with Gasteiger partial charge in [0.2, 0.25) is 11.2 Å². The minimum Gasteiger partial charge on any atom is -0.492 e. The van der Waals surface area contributed by atoms with Crippen molar-refractivity contribution in [2.24, 2.45) is 11.7 Å². The lowest BCUT2D eigenvalue weighted by molar-refractivity contribution is -0.465. The summed E-state index contributed by atoms with van der Waals surface area (Å²) in [7, 11) is 1.41. The van der Waals surface area contributed by atoms with E-state index in [9.17, 15) is 19.7 Å². The molecule has 2 atom stereocenters. The van der Waals surface area contributed by atoms with Gasteiger partial charge >= 0.3 is 0 Å². The van der Waals surface area contributed by atoms with Crippen LogP contribution in [-0.4, -0.2) is 47.6 Å². The average Bonchev–Trinajstić information content (AvgIpc) is 3.53. The van der Waals surface area contributed by atoms with Crippen LogP contribution in [0.2, 0.25) is 0 Å². The van der Waals surface area contributed by atoms with Crippen molar-refractivity contribution < 1.29 is 18.8 Å². The van der Waals surface area contributed by atoms with E-state index in [1.807, 2.05) is 29.2 Å². The van der Waals surface area contributed by atoms with Crippen molar-refractivity contribution in [1.29, 1.82) is 0 Å². The third kappa shape index (κ3) is 3.41. The van der Waals surface area contributed by atoms with Crippen LogP contribution in [0.5, 0.6) is 5.75 Å². The predicted molar refractivity (Wildman–Crippen MR) is 120 cm³/mol. The first-order valence-corrected chi connectivity index (χ1v) is 10.7. The van der Waals surface area contributed by atoms with Gasteiger partial charge in [-0.1, -0.05) is 24.3 Å². The Balaban J connectivity index is 1.72. The van der Waals surface area contributed by atoms with Crippen molar-refractivity contribution in [2.75, 3.05) is 31.6 Å². The minimum absolute atomic E-state index is 0.00431. The van der Waals surface area contributed by atoms with Gasteiger partial charge in [0.05, 0.1) is 29.1 Å². The second-order valence-corrected chi connectivity index (χ2v) is 8.90. The van der Waals surface area contributed by atoms with E-state index in [0.717, 1.165) is 18.9 Å². The molecule has 2 aliphatic carbocycles. The van der Waals surface area contributed by atoms with Crippen LogP contribution in [0.25, 0.3) is 10.9 Å². The topological polar surface area (TPSA) is 121 Å². The number of Topliss-reactive ketones (excluding diaryl/α,β-unsaturated/α-hetero) is 1. The van der Waals surface area contributed by atoms with Crippen LogP contribution in [0, 0.1) is 21.8 Å². The summed E-state index contributed by atoms with van der Waals surface area (Å²) >= 11 is 0. The quantitative estimate of drug-likeness (QED) is 0.404. The number of methoxy groups -OCH3 is 1. The van der Waals surface area contributed by atoms with Crippen LogP contribution >= 0.6 is 0 Å². The monoisotopic (exact) mass is 454 g/mol. The minimum atomic E-state index is -1.00. The molecule has 1 saturated carbocycles. The zero-order chi connectivity index (χ0) is 23.5. The highest BCUT2D eigenvalue weighted by atomic mass is 19.1. The highest BCUT2D eigenvalue weighted by molar-refractivity contribution is 6.01. The van der Waals surface area contributed by atoms with Crippen LogP contribution in [0.15, 0.2) is 41.4 Å². The van der Waals surface area contributed by atoms with E-state index in [-0.39, 0.29) is 34.3 Å². The number of hydrogen-bond donors (Lipinski definition) is 1. The van der Waals surface area contributed by atoms with Crippen LogP contribution in [0.3, 0.4) is 0 Å². The third-order valence-corrected chi connectivity index (χ3v) is 6.67. The first kappa shape index (κ1) is 21.3. The number of benzene rings is 1. The standard InChI is InChI=1S/C23H23FN4O5/c1-33-22-19-15(21(30)16(18(29)11-28(31)32)10-27(19)14-5-6-14)8-17(24)20(22)26-9-13-4-2-3-7-23(13,25)12-26/h2-4,7-8,10,13-14H,5-6,9,11-12,25H2,1H3. The lowest BCUT2D eigenvalue weighted by Crippen LogP contribution is -2.46. The number of hydrogen-bond acceptors (Lipinski definition) is 7. The van der Waals surface area contributed by atoms with Gasteiger partial charge in [-0.05, 0) is 18.9 Å². The van der Waals surface area contributed by atoms with Crippen LogP contribution < -0.4 is 20.8 Å². The Kier molecular flexibility index (Phi) is 4.86. The molecule has 172 valence electrons. The van der Waals surface area contributed by atoms with E-state index in [1.165, 1.54) is 13.3 Å². The molecule has 0 radical (unpaired) electrons. The fourth-order valence-electron chi connectivity index (χ4n) is 4.91. The lowest BCUT2D eigenvalue weighted by Gasteiger charge is -2.27. The molecule has 2 fully saturated rings. The van der Waals surface area contributed by atoms with Gasteiger partial charge < -0.3 is 19.9 Å². The molecular weight excluding hydrogens is 431 g/mol. The Labute approximate surface area is 188 Å². The summed E-state index contributed by atoms with van der Waals surface area (Å²) in [5.41, 5.74) is 5.45. The van der Waals surface area contributed by atoms with Crippen molar-refractivity contribution in [3.63, 3.8) is 0 Å². The second-order valence-electron chi connectivity index (χ2n) is 8.90. The zero-order valence-electron chi connectivity index (χ0n) is 18.0. The fourth-order valence-corrected chi connectivity index (χ4v) is 4.91.